The lowest BCUT2D eigenvalue weighted by Gasteiger charge is -2.29. The molecule has 4 heteroatoms. The fourth-order valence-corrected chi connectivity index (χ4v) is 2.67. The van der Waals surface area contributed by atoms with Gasteiger partial charge in [0.25, 0.3) is 5.91 Å². The maximum atomic E-state index is 12.6. The Balaban J connectivity index is 2.25. The molecule has 1 aromatic rings. The molecule has 0 bridgehead atoms. The third-order valence-electron chi connectivity index (χ3n) is 3.79. The van der Waals surface area contributed by atoms with Crippen LogP contribution < -0.4 is 5.73 Å². The van der Waals surface area contributed by atoms with E-state index in [4.69, 9.17) is 5.73 Å². The van der Waals surface area contributed by atoms with E-state index in [2.05, 4.69) is 0 Å². The molecule has 0 aromatic heterocycles. The van der Waals surface area contributed by atoms with Crippen molar-refractivity contribution < 1.29 is 9.90 Å². The Morgan fingerprint density at radius 2 is 2.21 bits per heavy atom. The number of nitrogens with zero attached hydrogens (tertiary/aromatic N) is 1. The van der Waals surface area contributed by atoms with Gasteiger partial charge >= 0.3 is 0 Å². The molecule has 2 rings (SSSR count). The lowest BCUT2D eigenvalue weighted by Crippen LogP contribution is -2.44. The fraction of sp³-hybridized carbons (Fsp3) is 0.533. The molecule has 1 aliphatic heterocycles. The Morgan fingerprint density at radius 3 is 2.89 bits per heavy atom. The van der Waals surface area contributed by atoms with Gasteiger partial charge in [-0.15, -0.1) is 0 Å². The van der Waals surface area contributed by atoms with E-state index in [9.17, 15) is 9.90 Å². The first-order valence-corrected chi connectivity index (χ1v) is 6.94. The summed E-state index contributed by atoms with van der Waals surface area (Å²) in [5, 5.41) is 9.94. The van der Waals surface area contributed by atoms with Crippen LogP contribution in [-0.2, 0) is 0 Å². The SMILES string of the molecule is Cc1ccc(C(=O)N2CCCCCC2CN)c(O)c1. The molecule has 0 saturated carbocycles. The van der Waals surface area contributed by atoms with Crippen molar-refractivity contribution in [3.63, 3.8) is 0 Å². The molecule has 1 saturated heterocycles. The van der Waals surface area contributed by atoms with Crippen molar-refractivity contribution in [2.75, 3.05) is 13.1 Å². The van der Waals surface area contributed by atoms with Gasteiger partial charge in [0.2, 0.25) is 0 Å². The average molecular weight is 262 g/mol. The van der Waals surface area contributed by atoms with Gasteiger partial charge in [-0.25, -0.2) is 0 Å². The second-order valence-electron chi connectivity index (χ2n) is 5.26. The number of hydrogen-bond donors (Lipinski definition) is 2. The number of phenolic OH excluding ortho intramolecular Hbond substituents is 1. The molecule has 1 aliphatic rings. The van der Waals surface area contributed by atoms with Crippen molar-refractivity contribution in [2.45, 2.75) is 38.6 Å². The number of nitrogens with two attached hydrogens (primary N) is 1. The highest BCUT2D eigenvalue weighted by molar-refractivity contribution is 5.97. The predicted octanol–water partition coefficient (Wildman–Crippen LogP) is 2.04. The van der Waals surface area contributed by atoms with Gasteiger partial charge in [-0.3, -0.25) is 4.79 Å². The molecule has 1 amide bonds. The monoisotopic (exact) mass is 262 g/mol. The van der Waals surface area contributed by atoms with Gasteiger partial charge in [-0.05, 0) is 37.5 Å². The summed E-state index contributed by atoms with van der Waals surface area (Å²) < 4.78 is 0. The molecule has 1 unspecified atom stereocenters. The number of carbonyl (C=O) groups is 1. The van der Waals surface area contributed by atoms with Crippen LogP contribution in [0.2, 0.25) is 0 Å². The van der Waals surface area contributed by atoms with E-state index in [1.165, 1.54) is 0 Å². The molecule has 3 N–H and O–H groups in total. The third kappa shape index (κ3) is 3.07. The minimum absolute atomic E-state index is 0.0602. The highest BCUT2D eigenvalue weighted by Gasteiger charge is 2.26. The molecule has 1 fully saturated rings. The van der Waals surface area contributed by atoms with Gasteiger partial charge in [0, 0.05) is 19.1 Å². The highest BCUT2D eigenvalue weighted by Crippen LogP contribution is 2.24. The molecule has 1 atom stereocenters. The molecule has 4 nitrogen and oxygen atoms in total. The maximum Gasteiger partial charge on any atom is 0.257 e. The smallest absolute Gasteiger partial charge is 0.257 e. The van der Waals surface area contributed by atoms with Crippen molar-refractivity contribution in [1.29, 1.82) is 0 Å². The van der Waals surface area contributed by atoms with Gasteiger partial charge in [-0.1, -0.05) is 18.9 Å². The van der Waals surface area contributed by atoms with Crippen LogP contribution in [0.1, 0.15) is 41.6 Å². The van der Waals surface area contributed by atoms with Crippen LogP contribution in [0.4, 0.5) is 0 Å². The van der Waals surface area contributed by atoms with Gasteiger partial charge in [-0.2, -0.15) is 0 Å². The Hall–Kier alpha value is -1.55. The summed E-state index contributed by atoms with van der Waals surface area (Å²) in [6, 6.07) is 5.27. The van der Waals surface area contributed by atoms with Crippen LogP contribution in [0.25, 0.3) is 0 Å². The van der Waals surface area contributed by atoms with E-state index < -0.39 is 0 Å². The summed E-state index contributed by atoms with van der Waals surface area (Å²) in [6.45, 7) is 3.11. The molecule has 0 aliphatic carbocycles. The molecule has 0 spiro atoms. The molecule has 0 radical (unpaired) electrons. The lowest BCUT2D eigenvalue weighted by atomic mass is 10.1. The third-order valence-corrected chi connectivity index (χ3v) is 3.79. The van der Waals surface area contributed by atoms with E-state index >= 15 is 0 Å². The lowest BCUT2D eigenvalue weighted by molar-refractivity contribution is 0.0686. The van der Waals surface area contributed by atoms with E-state index in [0.717, 1.165) is 37.8 Å². The number of likely N-dealkylation sites (tertiary alicyclic amines) is 1. The van der Waals surface area contributed by atoms with E-state index in [1.54, 1.807) is 12.1 Å². The standard InChI is InChI=1S/C15H22N2O2/c1-11-6-7-13(14(18)9-11)15(19)17-8-4-2-3-5-12(17)10-16/h6-7,9,12,18H,2-5,8,10,16H2,1H3. The molecular weight excluding hydrogens is 240 g/mol. The average Bonchev–Trinajstić information content (AvgIpc) is 2.63. The van der Waals surface area contributed by atoms with E-state index in [0.29, 0.717) is 12.1 Å². The van der Waals surface area contributed by atoms with Crippen LogP contribution >= 0.6 is 0 Å². The molecule has 1 aromatic carbocycles. The minimum atomic E-state index is -0.102. The summed E-state index contributed by atoms with van der Waals surface area (Å²) >= 11 is 0. The van der Waals surface area contributed by atoms with Crippen LogP contribution in [0, 0.1) is 6.92 Å². The first-order valence-electron chi connectivity index (χ1n) is 6.94. The second kappa shape index (κ2) is 6.06. The van der Waals surface area contributed by atoms with Crippen molar-refractivity contribution in [1.82, 2.24) is 4.90 Å². The number of phenols is 1. The molecule has 104 valence electrons. The summed E-state index contributed by atoms with van der Waals surface area (Å²) in [5.74, 6) is -0.0418. The van der Waals surface area contributed by atoms with E-state index in [1.807, 2.05) is 17.9 Å². The Kier molecular flexibility index (Phi) is 4.43. The summed E-state index contributed by atoms with van der Waals surface area (Å²) in [6.07, 6.45) is 4.22. The molecule has 19 heavy (non-hydrogen) atoms. The zero-order valence-electron chi connectivity index (χ0n) is 11.4. The van der Waals surface area contributed by atoms with Crippen molar-refractivity contribution >= 4 is 5.91 Å². The van der Waals surface area contributed by atoms with Crippen LogP contribution in [0.5, 0.6) is 5.75 Å². The maximum absolute atomic E-state index is 12.6. The van der Waals surface area contributed by atoms with E-state index in [-0.39, 0.29) is 17.7 Å². The summed E-state index contributed by atoms with van der Waals surface area (Å²) in [4.78, 5) is 14.4. The summed E-state index contributed by atoms with van der Waals surface area (Å²) in [5.41, 5.74) is 7.11. The largest absolute Gasteiger partial charge is 0.507 e. The number of aryl methyl sites for hydroxylation is 1. The van der Waals surface area contributed by atoms with Crippen molar-refractivity contribution in [3.8, 4) is 5.75 Å². The Labute approximate surface area is 114 Å². The number of rotatable bonds is 2. The first-order chi connectivity index (χ1) is 9.13. The minimum Gasteiger partial charge on any atom is -0.507 e. The topological polar surface area (TPSA) is 66.6 Å². The van der Waals surface area contributed by atoms with Gasteiger partial charge < -0.3 is 15.7 Å². The Morgan fingerprint density at radius 1 is 1.42 bits per heavy atom. The highest BCUT2D eigenvalue weighted by atomic mass is 16.3. The number of aromatic hydroxyl groups is 1. The fourth-order valence-electron chi connectivity index (χ4n) is 2.67. The zero-order valence-corrected chi connectivity index (χ0v) is 11.4. The van der Waals surface area contributed by atoms with Gasteiger partial charge in [0.15, 0.2) is 0 Å². The molecule has 1 heterocycles. The zero-order chi connectivity index (χ0) is 13.8. The van der Waals surface area contributed by atoms with Gasteiger partial charge in [0.1, 0.15) is 5.75 Å². The number of benzene rings is 1. The van der Waals surface area contributed by atoms with Crippen LogP contribution in [0.15, 0.2) is 18.2 Å². The van der Waals surface area contributed by atoms with Crippen molar-refractivity contribution in [3.05, 3.63) is 29.3 Å². The van der Waals surface area contributed by atoms with Gasteiger partial charge in [0.05, 0.1) is 5.56 Å². The van der Waals surface area contributed by atoms with Crippen LogP contribution in [-0.4, -0.2) is 35.0 Å². The number of carbonyl (C=O) groups excluding carboxylic acids is 1. The quantitative estimate of drug-likeness (QED) is 0.857. The number of hydrogen-bond acceptors (Lipinski definition) is 3. The Bertz CT molecular complexity index is 459. The first kappa shape index (κ1) is 13.9. The normalized spacial score (nSPS) is 20.1. The molecular formula is C15H22N2O2. The van der Waals surface area contributed by atoms with Crippen LogP contribution in [0.3, 0.4) is 0 Å². The second-order valence-corrected chi connectivity index (χ2v) is 5.26. The number of amides is 1. The summed E-state index contributed by atoms with van der Waals surface area (Å²) in [7, 11) is 0. The van der Waals surface area contributed by atoms with Crippen molar-refractivity contribution in [2.24, 2.45) is 5.73 Å². The predicted molar refractivity (Wildman–Crippen MR) is 75.2 cm³/mol.